The molecule has 4 amide bonds. The Morgan fingerprint density at radius 1 is 0.780 bits per heavy atom. The van der Waals surface area contributed by atoms with E-state index in [0.717, 1.165) is 27.8 Å². The molecule has 0 radical (unpaired) electrons. The topological polar surface area (TPSA) is 146 Å². The van der Waals surface area contributed by atoms with Crippen LogP contribution >= 0.6 is 0 Å². The Labute approximate surface area is 238 Å². The first-order chi connectivity index (χ1) is 19.7. The van der Waals surface area contributed by atoms with Crippen molar-refractivity contribution in [2.45, 2.75) is 44.7 Å². The average Bonchev–Trinajstić information content (AvgIpc) is 3.28. The average molecular weight is 559 g/mol. The molecule has 41 heavy (non-hydrogen) atoms. The van der Waals surface area contributed by atoms with E-state index in [0.29, 0.717) is 0 Å². The van der Waals surface area contributed by atoms with Crippen molar-refractivity contribution < 1.29 is 29.0 Å². The minimum absolute atomic E-state index is 0.0302. The molecule has 214 valence electrons. The Morgan fingerprint density at radius 2 is 1.37 bits per heavy atom. The predicted octanol–water partition coefficient (Wildman–Crippen LogP) is 3.97. The fourth-order valence-electron chi connectivity index (χ4n) is 4.93. The summed E-state index contributed by atoms with van der Waals surface area (Å²) in [5, 5.41) is 14.3. The van der Waals surface area contributed by atoms with Crippen molar-refractivity contribution >= 4 is 24.0 Å². The molecule has 0 saturated carbocycles. The van der Waals surface area contributed by atoms with Crippen molar-refractivity contribution in [3.8, 4) is 11.1 Å². The van der Waals surface area contributed by atoms with E-state index in [4.69, 9.17) is 4.74 Å². The van der Waals surface area contributed by atoms with Crippen molar-refractivity contribution in [2.24, 2.45) is 5.92 Å². The van der Waals surface area contributed by atoms with Crippen molar-refractivity contribution in [1.82, 2.24) is 21.5 Å². The number of carboxylic acid groups (broad SMARTS) is 1. The molecule has 10 heteroatoms. The number of hydrazine groups is 1. The molecule has 0 heterocycles. The molecular weight excluding hydrogens is 524 g/mol. The predicted molar refractivity (Wildman–Crippen MR) is 153 cm³/mol. The van der Waals surface area contributed by atoms with Gasteiger partial charge in [-0.3, -0.25) is 10.2 Å². The van der Waals surface area contributed by atoms with Crippen LogP contribution in [0.1, 0.15) is 42.9 Å². The Morgan fingerprint density at radius 3 is 1.95 bits per heavy atom. The van der Waals surface area contributed by atoms with E-state index < -0.39 is 36.1 Å². The molecule has 4 rings (SSSR count). The molecule has 0 spiro atoms. The summed E-state index contributed by atoms with van der Waals surface area (Å²) in [4.78, 5) is 49.7. The van der Waals surface area contributed by atoms with Gasteiger partial charge < -0.3 is 20.5 Å². The number of rotatable bonds is 10. The van der Waals surface area contributed by atoms with Crippen molar-refractivity contribution in [1.29, 1.82) is 0 Å². The van der Waals surface area contributed by atoms with Crippen LogP contribution in [0, 0.1) is 5.92 Å². The zero-order chi connectivity index (χ0) is 29.4. The summed E-state index contributed by atoms with van der Waals surface area (Å²) in [6.07, 6.45) is -0.433. The number of hydrogen-bond donors (Lipinski definition) is 5. The van der Waals surface area contributed by atoms with E-state index in [-0.39, 0.29) is 31.3 Å². The van der Waals surface area contributed by atoms with Gasteiger partial charge in [0.2, 0.25) is 0 Å². The first-order valence-corrected chi connectivity index (χ1v) is 13.5. The number of ether oxygens (including phenoxy) is 1. The fraction of sp³-hybridized carbons (Fsp3) is 0.290. The van der Waals surface area contributed by atoms with Gasteiger partial charge in [0.15, 0.2) is 0 Å². The van der Waals surface area contributed by atoms with Crippen LogP contribution < -0.4 is 21.5 Å². The highest BCUT2D eigenvalue weighted by Crippen LogP contribution is 2.44. The van der Waals surface area contributed by atoms with E-state index in [2.05, 4.69) is 21.5 Å². The summed E-state index contributed by atoms with van der Waals surface area (Å²) < 4.78 is 5.60. The van der Waals surface area contributed by atoms with E-state index >= 15 is 0 Å². The molecule has 0 aliphatic heterocycles. The van der Waals surface area contributed by atoms with Gasteiger partial charge in [0.05, 0.1) is 0 Å². The zero-order valence-corrected chi connectivity index (χ0v) is 22.9. The van der Waals surface area contributed by atoms with Crippen LogP contribution in [0.5, 0.6) is 0 Å². The highest BCUT2D eigenvalue weighted by atomic mass is 16.5. The highest BCUT2D eigenvalue weighted by Gasteiger charge is 2.30. The maximum atomic E-state index is 13.0. The van der Waals surface area contributed by atoms with Gasteiger partial charge in [-0.1, -0.05) is 92.7 Å². The van der Waals surface area contributed by atoms with Crippen LogP contribution in [0.25, 0.3) is 11.1 Å². The van der Waals surface area contributed by atoms with Crippen molar-refractivity contribution in [3.63, 3.8) is 0 Å². The highest BCUT2D eigenvalue weighted by molar-refractivity contribution is 5.89. The molecule has 0 aromatic heterocycles. The number of alkyl carbamates (subject to hydrolysis) is 1. The number of amides is 4. The molecule has 1 aliphatic carbocycles. The second kappa shape index (κ2) is 13.5. The Balaban J connectivity index is 1.39. The maximum Gasteiger partial charge on any atom is 0.407 e. The lowest BCUT2D eigenvalue weighted by Gasteiger charge is -2.21. The quantitative estimate of drug-likeness (QED) is 0.238. The van der Waals surface area contributed by atoms with Crippen LogP contribution in [0.2, 0.25) is 0 Å². The number of carbonyl (C=O) groups excluding carboxylic acids is 3. The normalized spacial score (nSPS) is 13.3. The number of benzene rings is 3. The molecule has 5 N–H and O–H groups in total. The van der Waals surface area contributed by atoms with E-state index in [1.54, 1.807) is 0 Å². The third-order valence-electron chi connectivity index (χ3n) is 6.84. The molecule has 10 nitrogen and oxygen atoms in total. The largest absolute Gasteiger partial charge is 0.480 e. The van der Waals surface area contributed by atoms with Crippen molar-refractivity contribution in [2.75, 3.05) is 6.61 Å². The minimum atomic E-state index is -1.18. The molecule has 2 atom stereocenters. The third kappa shape index (κ3) is 7.63. The van der Waals surface area contributed by atoms with Gasteiger partial charge in [-0.2, -0.15) is 0 Å². The van der Waals surface area contributed by atoms with Crippen LogP contribution in [-0.2, 0) is 20.7 Å². The molecule has 0 fully saturated rings. The molecule has 3 aromatic carbocycles. The maximum absolute atomic E-state index is 13.0. The fourth-order valence-corrected chi connectivity index (χ4v) is 4.93. The van der Waals surface area contributed by atoms with Crippen LogP contribution in [-0.4, -0.2) is 47.8 Å². The van der Waals surface area contributed by atoms with E-state index in [9.17, 15) is 24.3 Å². The minimum Gasteiger partial charge on any atom is -0.480 e. The second-order valence-electron chi connectivity index (χ2n) is 10.3. The van der Waals surface area contributed by atoms with Gasteiger partial charge in [-0.05, 0) is 40.2 Å². The first kappa shape index (κ1) is 29.1. The molecule has 1 unspecified atom stereocenters. The number of aliphatic carboxylic acids is 1. The van der Waals surface area contributed by atoms with Crippen LogP contribution in [0.3, 0.4) is 0 Å². The molecule has 0 bridgehead atoms. The number of fused-ring (bicyclic) bond motifs is 3. The van der Waals surface area contributed by atoms with Gasteiger partial charge in [0.1, 0.15) is 18.7 Å². The first-order valence-electron chi connectivity index (χ1n) is 13.5. The number of carbonyl (C=O) groups is 4. The summed E-state index contributed by atoms with van der Waals surface area (Å²) in [7, 11) is 0. The number of urea groups is 1. The van der Waals surface area contributed by atoms with Gasteiger partial charge in [0.25, 0.3) is 5.91 Å². The van der Waals surface area contributed by atoms with Crippen molar-refractivity contribution in [3.05, 3.63) is 95.6 Å². The number of carboxylic acids is 1. The zero-order valence-electron chi connectivity index (χ0n) is 22.9. The monoisotopic (exact) mass is 558 g/mol. The van der Waals surface area contributed by atoms with Crippen LogP contribution in [0.4, 0.5) is 9.59 Å². The molecule has 1 aliphatic rings. The lowest BCUT2D eigenvalue weighted by Crippen LogP contribution is -2.56. The number of hydrogen-bond acceptors (Lipinski definition) is 5. The SMILES string of the molecule is CC(C)C[C@H](NC(=O)NNC(=O)C(Cc1ccccc1)NC(=O)OCC1c2ccccc2-c2ccccc21)C(=O)O. The summed E-state index contributed by atoms with van der Waals surface area (Å²) in [5.41, 5.74) is 9.54. The second-order valence-corrected chi connectivity index (χ2v) is 10.3. The molecule has 3 aromatic rings. The van der Waals surface area contributed by atoms with E-state index in [1.807, 2.05) is 92.7 Å². The van der Waals surface area contributed by atoms with Crippen LogP contribution in [0.15, 0.2) is 78.9 Å². The Kier molecular flexibility index (Phi) is 9.57. The lowest BCUT2D eigenvalue weighted by atomic mass is 9.98. The molecular formula is C31H34N4O6. The van der Waals surface area contributed by atoms with Gasteiger partial charge >= 0.3 is 18.1 Å². The Bertz CT molecular complexity index is 1350. The Hall–Kier alpha value is -4.86. The smallest absolute Gasteiger partial charge is 0.407 e. The number of nitrogens with one attached hydrogen (secondary N) is 4. The van der Waals surface area contributed by atoms with E-state index in [1.165, 1.54) is 0 Å². The van der Waals surface area contributed by atoms with Gasteiger partial charge in [-0.15, -0.1) is 0 Å². The lowest BCUT2D eigenvalue weighted by molar-refractivity contribution is -0.139. The van der Waals surface area contributed by atoms with Gasteiger partial charge in [0, 0.05) is 12.3 Å². The standard InChI is InChI=1S/C31H34N4O6/c1-19(2)16-27(29(37)38)32-30(39)35-34-28(36)26(17-20-10-4-3-5-11-20)33-31(40)41-18-25-23-14-8-6-12-21(23)22-13-7-9-15-24(22)25/h3-15,19,25-27H,16-18H2,1-2H3,(H,33,40)(H,34,36)(H,37,38)(H2,32,35,39)/t26?,27-/m0/s1. The van der Waals surface area contributed by atoms with Gasteiger partial charge in [-0.25, -0.2) is 19.8 Å². The third-order valence-corrected chi connectivity index (χ3v) is 6.84. The summed E-state index contributed by atoms with van der Waals surface area (Å²) >= 11 is 0. The summed E-state index contributed by atoms with van der Waals surface area (Å²) in [6, 6.07) is 21.9. The molecule has 0 saturated heterocycles. The summed E-state index contributed by atoms with van der Waals surface area (Å²) in [5.74, 6) is -2.00. The summed E-state index contributed by atoms with van der Waals surface area (Å²) in [6.45, 7) is 3.74.